The van der Waals surface area contributed by atoms with E-state index in [1.807, 2.05) is 13.8 Å². The van der Waals surface area contributed by atoms with Gasteiger partial charge in [-0.15, -0.1) is 0 Å². The molecule has 76 valence electrons. The Kier molecular flexibility index (Phi) is 3.01. The molecule has 0 spiro atoms. The molecule has 0 saturated heterocycles. The molecule has 0 aliphatic rings. The molecule has 0 fully saturated rings. The van der Waals surface area contributed by atoms with E-state index < -0.39 is 11.5 Å². The lowest BCUT2D eigenvalue weighted by Crippen LogP contribution is -2.33. The first kappa shape index (κ1) is 10.4. The molecule has 1 aromatic heterocycles. The minimum absolute atomic E-state index is 0.0387. The molecule has 0 radical (unpaired) electrons. The molecular formula is C9H13N3O2. The standard InChI is InChI=1S/C9H13N3O2/c1-9(2,5-8(13)14)12-7-3-4-10-6-11-7/h3-4,6H,5H2,1-2H3,(H,13,14)(H,10,11,12). The topological polar surface area (TPSA) is 75.1 Å². The first-order valence-corrected chi connectivity index (χ1v) is 4.26. The van der Waals surface area contributed by atoms with Gasteiger partial charge >= 0.3 is 5.97 Å². The molecule has 0 atom stereocenters. The number of anilines is 1. The maximum absolute atomic E-state index is 10.5. The second kappa shape index (κ2) is 4.04. The third-order valence-corrected chi connectivity index (χ3v) is 1.64. The van der Waals surface area contributed by atoms with Crippen molar-refractivity contribution in [3.63, 3.8) is 0 Å². The van der Waals surface area contributed by atoms with Crippen LogP contribution in [0, 0.1) is 0 Å². The number of hydrogen-bond acceptors (Lipinski definition) is 4. The van der Waals surface area contributed by atoms with Crippen molar-refractivity contribution in [2.24, 2.45) is 0 Å². The third-order valence-electron chi connectivity index (χ3n) is 1.64. The van der Waals surface area contributed by atoms with Crippen molar-refractivity contribution in [1.29, 1.82) is 0 Å². The van der Waals surface area contributed by atoms with E-state index in [2.05, 4.69) is 15.3 Å². The van der Waals surface area contributed by atoms with Gasteiger partial charge in [-0.3, -0.25) is 4.79 Å². The third kappa shape index (κ3) is 3.38. The Morgan fingerprint density at radius 3 is 2.86 bits per heavy atom. The highest BCUT2D eigenvalue weighted by Gasteiger charge is 2.21. The van der Waals surface area contributed by atoms with E-state index in [1.165, 1.54) is 6.33 Å². The number of carboxylic acid groups (broad SMARTS) is 1. The van der Waals surface area contributed by atoms with E-state index in [4.69, 9.17) is 5.11 Å². The van der Waals surface area contributed by atoms with Gasteiger partial charge in [0.15, 0.2) is 0 Å². The average Bonchev–Trinajstić information content (AvgIpc) is 2.02. The average molecular weight is 195 g/mol. The van der Waals surface area contributed by atoms with E-state index in [-0.39, 0.29) is 6.42 Å². The van der Waals surface area contributed by atoms with Gasteiger partial charge < -0.3 is 10.4 Å². The summed E-state index contributed by atoms with van der Waals surface area (Å²) in [5.74, 6) is -0.206. The molecule has 0 amide bonds. The molecule has 1 heterocycles. The van der Waals surface area contributed by atoms with E-state index >= 15 is 0 Å². The minimum Gasteiger partial charge on any atom is -0.481 e. The summed E-state index contributed by atoms with van der Waals surface area (Å²) in [6, 6.07) is 1.70. The first-order valence-electron chi connectivity index (χ1n) is 4.26. The van der Waals surface area contributed by atoms with Crippen LogP contribution in [0.4, 0.5) is 5.82 Å². The molecule has 0 bridgehead atoms. The predicted molar refractivity (Wildman–Crippen MR) is 52.0 cm³/mol. The summed E-state index contributed by atoms with van der Waals surface area (Å²) < 4.78 is 0. The Hall–Kier alpha value is -1.65. The number of nitrogens with one attached hydrogen (secondary N) is 1. The Morgan fingerprint density at radius 1 is 1.64 bits per heavy atom. The number of carboxylic acids is 1. The van der Waals surface area contributed by atoms with Gasteiger partial charge in [0.2, 0.25) is 0 Å². The van der Waals surface area contributed by atoms with Gasteiger partial charge in [-0.1, -0.05) is 0 Å². The number of hydrogen-bond donors (Lipinski definition) is 2. The van der Waals surface area contributed by atoms with Gasteiger partial charge in [0, 0.05) is 11.7 Å². The SMILES string of the molecule is CC(C)(CC(=O)O)Nc1ccncn1. The van der Waals surface area contributed by atoms with Crippen molar-refractivity contribution < 1.29 is 9.90 Å². The summed E-state index contributed by atoms with van der Waals surface area (Å²) in [4.78, 5) is 18.3. The van der Waals surface area contributed by atoms with Crippen LogP contribution in [-0.2, 0) is 4.79 Å². The molecule has 0 aliphatic carbocycles. The Labute approximate surface area is 82.2 Å². The van der Waals surface area contributed by atoms with E-state index in [9.17, 15) is 4.79 Å². The van der Waals surface area contributed by atoms with E-state index in [1.54, 1.807) is 12.3 Å². The van der Waals surface area contributed by atoms with Crippen molar-refractivity contribution in [1.82, 2.24) is 9.97 Å². The Bertz CT molecular complexity index is 311. The molecule has 14 heavy (non-hydrogen) atoms. The van der Waals surface area contributed by atoms with E-state index in [0.717, 1.165) is 0 Å². The van der Waals surface area contributed by atoms with Crippen molar-refractivity contribution in [2.45, 2.75) is 25.8 Å². The van der Waals surface area contributed by atoms with Crippen LogP contribution in [0.1, 0.15) is 20.3 Å². The monoisotopic (exact) mass is 195 g/mol. The van der Waals surface area contributed by atoms with Crippen LogP contribution >= 0.6 is 0 Å². The maximum atomic E-state index is 10.5. The number of aliphatic carboxylic acids is 1. The molecule has 1 rings (SSSR count). The molecule has 5 heteroatoms. The largest absolute Gasteiger partial charge is 0.481 e. The number of nitrogens with zero attached hydrogens (tertiary/aromatic N) is 2. The Morgan fingerprint density at radius 2 is 2.36 bits per heavy atom. The van der Waals surface area contributed by atoms with Gasteiger partial charge in [0.25, 0.3) is 0 Å². The van der Waals surface area contributed by atoms with Crippen LogP contribution in [0.25, 0.3) is 0 Å². The van der Waals surface area contributed by atoms with Crippen LogP contribution in [0.2, 0.25) is 0 Å². The lowest BCUT2D eigenvalue weighted by molar-refractivity contribution is -0.137. The van der Waals surface area contributed by atoms with Crippen molar-refractivity contribution >= 4 is 11.8 Å². The first-order chi connectivity index (χ1) is 6.49. The van der Waals surface area contributed by atoms with Crippen molar-refractivity contribution in [3.05, 3.63) is 18.6 Å². The zero-order valence-corrected chi connectivity index (χ0v) is 8.19. The van der Waals surface area contributed by atoms with E-state index in [0.29, 0.717) is 5.82 Å². The quantitative estimate of drug-likeness (QED) is 0.753. The maximum Gasteiger partial charge on any atom is 0.305 e. The molecule has 2 N–H and O–H groups in total. The lowest BCUT2D eigenvalue weighted by Gasteiger charge is -2.24. The zero-order valence-electron chi connectivity index (χ0n) is 8.19. The molecule has 0 unspecified atom stereocenters. The molecule has 0 saturated carbocycles. The van der Waals surface area contributed by atoms with Gasteiger partial charge in [-0.05, 0) is 19.9 Å². The summed E-state index contributed by atoms with van der Waals surface area (Å²) in [5.41, 5.74) is -0.514. The Balaban J connectivity index is 2.63. The summed E-state index contributed by atoms with van der Waals surface area (Å²) in [5, 5.41) is 11.7. The van der Waals surface area contributed by atoms with Crippen LogP contribution in [-0.4, -0.2) is 26.6 Å². The van der Waals surface area contributed by atoms with Crippen LogP contribution in [0.15, 0.2) is 18.6 Å². The summed E-state index contributed by atoms with van der Waals surface area (Å²) >= 11 is 0. The second-order valence-corrected chi connectivity index (χ2v) is 3.67. The molecule has 1 aromatic rings. The summed E-state index contributed by atoms with van der Waals surface area (Å²) in [6.45, 7) is 3.62. The molecule has 0 aliphatic heterocycles. The number of rotatable bonds is 4. The van der Waals surface area contributed by atoms with Crippen molar-refractivity contribution in [2.75, 3.05) is 5.32 Å². The number of aromatic nitrogens is 2. The molecule has 0 aromatic carbocycles. The lowest BCUT2D eigenvalue weighted by atomic mass is 10.0. The predicted octanol–water partition coefficient (Wildman–Crippen LogP) is 1.14. The fourth-order valence-corrected chi connectivity index (χ4v) is 1.13. The summed E-state index contributed by atoms with van der Waals surface area (Å²) in [7, 11) is 0. The highest BCUT2D eigenvalue weighted by atomic mass is 16.4. The number of carbonyl (C=O) groups is 1. The van der Waals surface area contributed by atoms with Crippen LogP contribution < -0.4 is 5.32 Å². The molecular weight excluding hydrogens is 182 g/mol. The zero-order chi connectivity index (χ0) is 10.6. The van der Waals surface area contributed by atoms with Gasteiger partial charge in [-0.2, -0.15) is 0 Å². The fraction of sp³-hybridized carbons (Fsp3) is 0.444. The van der Waals surface area contributed by atoms with Crippen molar-refractivity contribution in [3.8, 4) is 0 Å². The minimum atomic E-state index is -0.837. The summed E-state index contributed by atoms with van der Waals surface area (Å²) in [6.07, 6.45) is 3.06. The molecule has 5 nitrogen and oxygen atoms in total. The smallest absolute Gasteiger partial charge is 0.305 e. The van der Waals surface area contributed by atoms with Crippen LogP contribution in [0.5, 0.6) is 0 Å². The van der Waals surface area contributed by atoms with Gasteiger partial charge in [-0.25, -0.2) is 9.97 Å². The second-order valence-electron chi connectivity index (χ2n) is 3.67. The van der Waals surface area contributed by atoms with Crippen LogP contribution in [0.3, 0.4) is 0 Å². The fourth-order valence-electron chi connectivity index (χ4n) is 1.13. The van der Waals surface area contributed by atoms with Gasteiger partial charge in [0.1, 0.15) is 12.1 Å². The highest BCUT2D eigenvalue weighted by molar-refractivity contribution is 5.69. The highest BCUT2D eigenvalue weighted by Crippen LogP contribution is 2.15. The normalized spacial score (nSPS) is 11.0. The van der Waals surface area contributed by atoms with Gasteiger partial charge in [0.05, 0.1) is 6.42 Å².